The molecular weight excluding hydrogens is 284 g/mol. The van der Waals surface area contributed by atoms with Gasteiger partial charge in [-0.1, -0.05) is 30.7 Å². The van der Waals surface area contributed by atoms with Gasteiger partial charge in [0.2, 0.25) is 0 Å². The molecule has 1 heterocycles. The third-order valence-corrected chi connectivity index (χ3v) is 4.46. The van der Waals surface area contributed by atoms with Crippen molar-refractivity contribution in [3.05, 3.63) is 53.3 Å². The lowest BCUT2D eigenvalue weighted by Gasteiger charge is -2.09. The van der Waals surface area contributed by atoms with E-state index in [4.69, 9.17) is 11.6 Å². The van der Waals surface area contributed by atoms with Gasteiger partial charge in [-0.2, -0.15) is 0 Å². The first kappa shape index (κ1) is 13.8. The van der Waals surface area contributed by atoms with Crippen molar-refractivity contribution in [2.75, 3.05) is 4.72 Å². The van der Waals surface area contributed by atoms with Crippen LogP contribution in [0.5, 0.6) is 0 Å². The van der Waals surface area contributed by atoms with E-state index in [1.807, 2.05) is 19.1 Å². The van der Waals surface area contributed by atoms with E-state index in [1.165, 1.54) is 18.5 Å². The number of sulfonamides is 1. The molecule has 0 aliphatic carbocycles. The second-order valence-electron chi connectivity index (χ2n) is 3.97. The van der Waals surface area contributed by atoms with Crippen LogP contribution in [0.25, 0.3) is 0 Å². The molecule has 0 atom stereocenters. The van der Waals surface area contributed by atoms with Crippen LogP contribution in [0.4, 0.5) is 5.69 Å². The van der Waals surface area contributed by atoms with E-state index in [9.17, 15) is 8.42 Å². The minimum Gasteiger partial charge on any atom is -0.280 e. The maximum Gasteiger partial charge on any atom is 0.264 e. The van der Waals surface area contributed by atoms with Gasteiger partial charge in [-0.05, 0) is 30.2 Å². The van der Waals surface area contributed by atoms with E-state index in [0.717, 1.165) is 12.0 Å². The van der Waals surface area contributed by atoms with E-state index in [-0.39, 0.29) is 9.92 Å². The number of anilines is 1. The summed E-state index contributed by atoms with van der Waals surface area (Å²) in [6.45, 7) is 2.01. The van der Waals surface area contributed by atoms with Crippen molar-refractivity contribution in [1.29, 1.82) is 0 Å². The molecule has 2 rings (SSSR count). The molecule has 0 spiro atoms. The summed E-state index contributed by atoms with van der Waals surface area (Å²) in [5, 5.41) is 0.147. The highest BCUT2D eigenvalue weighted by molar-refractivity contribution is 7.92. The van der Waals surface area contributed by atoms with Crippen LogP contribution in [0.15, 0.2) is 47.6 Å². The predicted molar refractivity (Wildman–Crippen MR) is 75.9 cm³/mol. The Labute approximate surface area is 117 Å². The standard InChI is InChI=1S/C13H13ClN2O2S/c1-2-10-4-3-5-11(8-10)16-19(17,18)13-9-15-7-6-12(13)14/h3-9,16H,2H2,1H3. The molecule has 0 radical (unpaired) electrons. The average molecular weight is 297 g/mol. The first-order chi connectivity index (χ1) is 9.03. The summed E-state index contributed by atoms with van der Waals surface area (Å²) in [5.41, 5.74) is 1.57. The van der Waals surface area contributed by atoms with Crippen molar-refractivity contribution in [3.8, 4) is 0 Å². The van der Waals surface area contributed by atoms with Crippen LogP contribution in [0.3, 0.4) is 0 Å². The van der Waals surface area contributed by atoms with E-state index in [1.54, 1.807) is 12.1 Å². The summed E-state index contributed by atoms with van der Waals surface area (Å²) >= 11 is 5.87. The van der Waals surface area contributed by atoms with Crippen LogP contribution in [0.2, 0.25) is 5.02 Å². The largest absolute Gasteiger partial charge is 0.280 e. The Morgan fingerprint density at radius 2 is 2.11 bits per heavy atom. The van der Waals surface area contributed by atoms with Crippen LogP contribution < -0.4 is 4.72 Å². The molecule has 0 unspecified atom stereocenters. The number of aromatic nitrogens is 1. The zero-order valence-corrected chi connectivity index (χ0v) is 11.9. The van der Waals surface area contributed by atoms with Gasteiger partial charge in [0.05, 0.1) is 5.02 Å². The quantitative estimate of drug-likeness (QED) is 0.943. The zero-order valence-electron chi connectivity index (χ0n) is 10.3. The van der Waals surface area contributed by atoms with Crippen LogP contribution in [0.1, 0.15) is 12.5 Å². The van der Waals surface area contributed by atoms with E-state index >= 15 is 0 Å². The number of aryl methyl sites for hydroxylation is 1. The first-order valence-electron chi connectivity index (χ1n) is 5.74. The summed E-state index contributed by atoms with van der Waals surface area (Å²) in [6.07, 6.45) is 3.51. The van der Waals surface area contributed by atoms with Gasteiger partial charge in [0.1, 0.15) is 4.90 Å². The fourth-order valence-electron chi connectivity index (χ4n) is 1.63. The fourth-order valence-corrected chi connectivity index (χ4v) is 3.11. The minimum atomic E-state index is -3.71. The smallest absolute Gasteiger partial charge is 0.264 e. The molecule has 6 heteroatoms. The van der Waals surface area contributed by atoms with Gasteiger partial charge < -0.3 is 0 Å². The Morgan fingerprint density at radius 1 is 1.32 bits per heavy atom. The molecule has 0 bridgehead atoms. The number of benzene rings is 1. The fraction of sp³-hybridized carbons (Fsp3) is 0.154. The van der Waals surface area contributed by atoms with Crippen LogP contribution >= 0.6 is 11.6 Å². The third kappa shape index (κ3) is 3.24. The zero-order chi connectivity index (χ0) is 13.9. The minimum absolute atomic E-state index is 0.0291. The molecule has 1 aromatic heterocycles. The highest BCUT2D eigenvalue weighted by atomic mass is 35.5. The summed E-state index contributed by atoms with van der Waals surface area (Å²) in [6, 6.07) is 8.68. The normalized spacial score (nSPS) is 11.3. The van der Waals surface area contributed by atoms with Crippen molar-refractivity contribution >= 4 is 27.3 Å². The van der Waals surface area contributed by atoms with E-state index < -0.39 is 10.0 Å². The number of hydrogen-bond donors (Lipinski definition) is 1. The molecule has 100 valence electrons. The lowest BCUT2D eigenvalue weighted by molar-refractivity contribution is 0.601. The van der Waals surface area contributed by atoms with Crippen LogP contribution in [-0.2, 0) is 16.4 Å². The monoisotopic (exact) mass is 296 g/mol. The molecular formula is C13H13ClN2O2S. The average Bonchev–Trinajstić information content (AvgIpc) is 2.38. The first-order valence-corrected chi connectivity index (χ1v) is 7.60. The second-order valence-corrected chi connectivity index (χ2v) is 6.02. The lowest BCUT2D eigenvalue weighted by Crippen LogP contribution is -2.13. The number of halogens is 1. The maximum atomic E-state index is 12.2. The van der Waals surface area contributed by atoms with Gasteiger partial charge in [-0.15, -0.1) is 0 Å². The molecule has 0 fully saturated rings. The highest BCUT2D eigenvalue weighted by Gasteiger charge is 2.18. The third-order valence-electron chi connectivity index (χ3n) is 2.61. The van der Waals surface area contributed by atoms with Gasteiger partial charge in [0, 0.05) is 18.1 Å². The number of nitrogens with one attached hydrogen (secondary N) is 1. The number of nitrogens with zero attached hydrogens (tertiary/aromatic N) is 1. The molecule has 0 aliphatic heterocycles. The van der Waals surface area contributed by atoms with Crippen molar-refractivity contribution in [2.24, 2.45) is 0 Å². The van der Waals surface area contributed by atoms with Gasteiger partial charge in [-0.25, -0.2) is 8.42 Å². The van der Waals surface area contributed by atoms with E-state index in [0.29, 0.717) is 5.69 Å². The topological polar surface area (TPSA) is 59.1 Å². The maximum absolute atomic E-state index is 12.2. The molecule has 0 amide bonds. The molecule has 1 aromatic carbocycles. The lowest BCUT2D eigenvalue weighted by atomic mass is 10.1. The van der Waals surface area contributed by atoms with Gasteiger partial charge in [0.15, 0.2) is 0 Å². The second kappa shape index (κ2) is 5.59. The highest BCUT2D eigenvalue weighted by Crippen LogP contribution is 2.22. The summed E-state index contributed by atoms with van der Waals surface area (Å²) in [7, 11) is -3.71. The Hall–Kier alpha value is -1.59. The van der Waals surface area contributed by atoms with Crippen LogP contribution in [0, 0.1) is 0 Å². The van der Waals surface area contributed by atoms with Crippen molar-refractivity contribution in [1.82, 2.24) is 4.98 Å². The molecule has 0 saturated carbocycles. The van der Waals surface area contributed by atoms with Crippen molar-refractivity contribution < 1.29 is 8.42 Å². The molecule has 0 aliphatic rings. The van der Waals surface area contributed by atoms with Crippen LogP contribution in [-0.4, -0.2) is 13.4 Å². The Morgan fingerprint density at radius 3 is 2.79 bits per heavy atom. The predicted octanol–water partition coefficient (Wildman–Crippen LogP) is 3.10. The van der Waals surface area contributed by atoms with Gasteiger partial charge in [0.25, 0.3) is 10.0 Å². The van der Waals surface area contributed by atoms with Crippen molar-refractivity contribution in [3.63, 3.8) is 0 Å². The SMILES string of the molecule is CCc1cccc(NS(=O)(=O)c2cnccc2Cl)c1. The van der Waals surface area contributed by atoms with Crippen molar-refractivity contribution in [2.45, 2.75) is 18.2 Å². The summed E-state index contributed by atoms with van der Waals surface area (Å²) < 4.78 is 26.9. The summed E-state index contributed by atoms with van der Waals surface area (Å²) in [5.74, 6) is 0. The summed E-state index contributed by atoms with van der Waals surface area (Å²) in [4.78, 5) is 3.75. The molecule has 0 saturated heterocycles. The molecule has 1 N–H and O–H groups in total. The Kier molecular flexibility index (Phi) is 4.07. The Balaban J connectivity index is 2.34. The molecule has 4 nitrogen and oxygen atoms in total. The molecule has 2 aromatic rings. The number of pyridine rings is 1. The number of hydrogen-bond acceptors (Lipinski definition) is 3. The number of rotatable bonds is 4. The molecule has 19 heavy (non-hydrogen) atoms. The van der Waals surface area contributed by atoms with Gasteiger partial charge in [-0.3, -0.25) is 9.71 Å². The Bertz CT molecular complexity index is 687. The van der Waals surface area contributed by atoms with Gasteiger partial charge >= 0.3 is 0 Å². The van der Waals surface area contributed by atoms with E-state index in [2.05, 4.69) is 9.71 Å².